The zero-order valence-corrected chi connectivity index (χ0v) is 10.0. The lowest BCUT2D eigenvalue weighted by atomic mass is 10.1. The molecule has 0 saturated carbocycles. The van der Waals surface area contributed by atoms with Crippen LogP contribution in [0.4, 0.5) is 0 Å². The van der Waals surface area contributed by atoms with Gasteiger partial charge in [-0.15, -0.1) is 0 Å². The maximum Gasteiger partial charge on any atom is 0.123 e. The van der Waals surface area contributed by atoms with Crippen LogP contribution in [-0.2, 0) is 6.42 Å². The monoisotopic (exact) mass is 254 g/mol. The lowest BCUT2D eigenvalue weighted by molar-refractivity contribution is 0.221. The Hall–Kier alpha value is -0.500. The third kappa shape index (κ3) is 2.11. The van der Waals surface area contributed by atoms with E-state index in [2.05, 4.69) is 41.1 Å². The molecule has 2 rings (SSSR count). The van der Waals surface area contributed by atoms with Crippen molar-refractivity contribution in [3.63, 3.8) is 0 Å². The normalized spacial score (nSPS) is 19.1. The third-order valence-corrected chi connectivity index (χ3v) is 3.18. The lowest BCUT2D eigenvalue weighted by Crippen LogP contribution is -2.12. The molecular formula is C12H15BrO. The summed E-state index contributed by atoms with van der Waals surface area (Å²) in [6.45, 7) is 2.13. The van der Waals surface area contributed by atoms with Gasteiger partial charge in [0.1, 0.15) is 11.9 Å². The van der Waals surface area contributed by atoms with Gasteiger partial charge in [0.25, 0.3) is 0 Å². The number of hydrogen-bond donors (Lipinski definition) is 0. The van der Waals surface area contributed by atoms with Crippen LogP contribution in [0.5, 0.6) is 5.75 Å². The Balaban J connectivity index is 2.03. The Bertz CT molecular complexity index is 322. The molecule has 76 valence electrons. The van der Waals surface area contributed by atoms with E-state index in [1.165, 1.54) is 17.5 Å². The first-order chi connectivity index (χ1) is 6.79. The molecule has 1 aliphatic heterocycles. The van der Waals surface area contributed by atoms with Gasteiger partial charge >= 0.3 is 0 Å². The summed E-state index contributed by atoms with van der Waals surface area (Å²) in [6.07, 6.45) is 3.84. The number of aryl methyl sites for hydroxylation is 1. The minimum Gasteiger partial charge on any atom is -0.490 e. The first kappa shape index (κ1) is 10.0. The van der Waals surface area contributed by atoms with Crippen LogP contribution >= 0.6 is 15.9 Å². The van der Waals surface area contributed by atoms with Crippen LogP contribution in [0.1, 0.15) is 24.0 Å². The molecule has 1 aliphatic rings. The Morgan fingerprint density at radius 3 is 3.14 bits per heavy atom. The van der Waals surface area contributed by atoms with Gasteiger partial charge in [-0.2, -0.15) is 0 Å². The molecule has 14 heavy (non-hydrogen) atoms. The van der Waals surface area contributed by atoms with Gasteiger partial charge in [-0.3, -0.25) is 0 Å². The molecule has 1 heterocycles. The van der Waals surface area contributed by atoms with Crippen molar-refractivity contribution in [1.82, 2.24) is 0 Å². The van der Waals surface area contributed by atoms with Gasteiger partial charge < -0.3 is 4.74 Å². The van der Waals surface area contributed by atoms with Crippen LogP contribution in [0, 0.1) is 6.92 Å². The Labute approximate surface area is 93.6 Å². The summed E-state index contributed by atoms with van der Waals surface area (Å²) in [7, 11) is 0. The maximum absolute atomic E-state index is 5.84. The zero-order chi connectivity index (χ0) is 9.97. The summed E-state index contributed by atoms with van der Waals surface area (Å²) in [5, 5.41) is 1.07. The van der Waals surface area contributed by atoms with E-state index in [1.54, 1.807) is 0 Å². The highest BCUT2D eigenvalue weighted by Gasteiger charge is 2.21. The molecule has 0 aromatic heterocycles. The van der Waals surface area contributed by atoms with E-state index < -0.39 is 0 Å². The summed E-state index contributed by atoms with van der Waals surface area (Å²) in [4.78, 5) is 0. The van der Waals surface area contributed by atoms with Crippen LogP contribution < -0.4 is 4.74 Å². The quantitative estimate of drug-likeness (QED) is 0.751. The highest BCUT2D eigenvalue weighted by atomic mass is 79.9. The molecule has 1 atom stereocenters. The number of hydrogen-bond acceptors (Lipinski definition) is 1. The summed E-state index contributed by atoms with van der Waals surface area (Å²) >= 11 is 3.45. The minimum absolute atomic E-state index is 0.407. The van der Waals surface area contributed by atoms with E-state index in [0.717, 1.165) is 23.9 Å². The van der Waals surface area contributed by atoms with E-state index in [9.17, 15) is 0 Å². The van der Waals surface area contributed by atoms with Crippen LogP contribution in [0.2, 0.25) is 0 Å². The predicted octanol–water partition coefficient (Wildman–Crippen LogP) is 3.47. The van der Waals surface area contributed by atoms with Crippen molar-refractivity contribution in [3.05, 3.63) is 29.3 Å². The number of rotatable bonds is 3. The lowest BCUT2D eigenvalue weighted by Gasteiger charge is -2.08. The highest BCUT2D eigenvalue weighted by Crippen LogP contribution is 2.31. The largest absolute Gasteiger partial charge is 0.490 e. The average Bonchev–Trinajstić information content (AvgIpc) is 2.56. The van der Waals surface area contributed by atoms with Gasteiger partial charge in [-0.05, 0) is 31.4 Å². The fourth-order valence-electron chi connectivity index (χ4n) is 1.92. The first-order valence-electron chi connectivity index (χ1n) is 5.12. The molecule has 0 bridgehead atoms. The van der Waals surface area contributed by atoms with Crippen LogP contribution in [0.15, 0.2) is 18.2 Å². The minimum atomic E-state index is 0.407. The molecule has 0 aliphatic carbocycles. The van der Waals surface area contributed by atoms with E-state index in [1.807, 2.05) is 0 Å². The second kappa shape index (κ2) is 4.35. The Kier molecular flexibility index (Phi) is 3.12. The molecular weight excluding hydrogens is 240 g/mol. The molecule has 1 aromatic carbocycles. The Morgan fingerprint density at radius 1 is 1.50 bits per heavy atom. The fourth-order valence-corrected chi connectivity index (χ4v) is 2.24. The van der Waals surface area contributed by atoms with Gasteiger partial charge in [0, 0.05) is 11.8 Å². The topological polar surface area (TPSA) is 9.23 Å². The molecule has 0 spiro atoms. The van der Waals surface area contributed by atoms with Gasteiger partial charge in [0.05, 0.1) is 0 Å². The molecule has 0 radical (unpaired) electrons. The molecule has 0 fully saturated rings. The van der Waals surface area contributed by atoms with E-state index in [4.69, 9.17) is 4.74 Å². The number of halogens is 1. The average molecular weight is 255 g/mol. The fraction of sp³-hybridized carbons (Fsp3) is 0.500. The number of fused-ring (bicyclic) bond motifs is 1. The smallest absolute Gasteiger partial charge is 0.123 e. The van der Waals surface area contributed by atoms with Gasteiger partial charge in [-0.1, -0.05) is 33.6 Å². The number of benzene rings is 1. The summed E-state index contributed by atoms with van der Waals surface area (Å²) in [5.74, 6) is 1.09. The van der Waals surface area contributed by atoms with Crippen LogP contribution in [0.25, 0.3) is 0 Å². The van der Waals surface area contributed by atoms with Crippen molar-refractivity contribution in [3.8, 4) is 5.75 Å². The zero-order valence-electron chi connectivity index (χ0n) is 8.42. The summed E-state index contributed by atoms with van der Waals surface area (Å²) < 4.78 is 5.84. The SMILES string of the molecule is Cc1ccc2c(c1)CC(CCCBr)O2. The molecule has 2 heteroatoms. The van der Waals surface area contributed by atoms with E-state index in [0.29, 0.717) is 6.10 Å². The highest BCUT2D eigenvalue weighted by molar-refractivity contribution is 9.09. The van der Waals surface area contributed by atoms with Crippen molar-refractivity contribution in [2.75, 3.05) is 5.33 Å². The second-order valence-corrected chi connectivity index (χ2v) is 4.68. The number of alkyl halides is 1. The molecule has 0 N–H and O–H groups in total. The van der Waals surface area contributed by atoms with E-state index in [-0.39, 0.29) is 0 Å². The first-order valence-corrected chi connectivity index (χ1v) is 6.24. The number of ether oxygens (including phenoxy) is 1. The second-order valence-electron chi connectivity index (χ2n) is 3.89. The summed E-state index contributed by atoms with van der Waals surface area (Å²) in [5.41, 5.74) is 2.71. The molecule has 0 amide bonds. The standard InChI is InChI=1S/C12H15BrO/c1-9-4-5-12-10(7-9)8-11(14-12)3-2-6-13/h4-5,7,11H,2-3,6,8H2,1H3. The molecule has 1 unspecified atom stereocenters. The Morgan fingerprint density at radius 2 is 2.36 bits per heavy atom. The maximum atomic E-state index is 5.84. The van der Waals surface area contributed by atoms with Crippen molar-refractivity contribution >= 4 is 15.9 Å². The van der Waals surface area contributed by atoms with Crippen molar-refractivity contribution in [2.45, 2.75) is 32.3 Å². The van der Waals surface area contributed by atoms with Crippen LogP contribution in [-0.4, -0.2) is 11.4 Å². The molecule has 0 saturated heterocycles. The van der Waals surface area contributed by atoms with Crippen molar-refractivity contribution < 1.29 is 4.74 Å². The predicted molar refractivity (Wildman–Crippen MR) is 62.3 cm³/mol. The van der Waals surface area contributed by atoms with Gasteiger partial charge in [0.15, 0.2) is 0 Å². The van der Waals surface area contributed by atoms with Crippen molar-refractivity contribution in [2.24, 2.45) is 0 Å². The van der Waals surface area contributed by atoms with Crippen LogP contribution in [0.3, 0.4) is 0 Å². The van der Waals surface area contributed by atoms with E-state index >= 15 is 0 Å². The molecule has 1 aromatic rings. The molecule has 1 nitrogen and oxygen atoms in total. The third-order valence-electron chi connectivity index (χ3n) is 2.62. The van der Waals surface area contributed by atoms with Gasteiger partial charge in [-0.25, -0.2) is 0 Å². The summed E-state index contributed by atoms with van der Waals surface area (Å²) in [6, 6.07) is 6.45. The van der Waals surface area contributed by atoms with Gasteiger partial charge in [0.2, 0.25) is 0 Å². The van der Waals surface area contributed by atoms with Crippen molar-refractivity contribution in [1.29, 1.82) is 0 Å².